The molecule has 1 aromatic carbocycles. The van der Waals surface area contributed by atoms with Gasteiger partial charge in [0.2, 0.25) is 11.8 Å². The van der Waals surface area contributed by atoms with E-state index < -0.39 is 11.6 Å². The third kappa shape index (κ3) is 3.19. The van der Waals surface area contributed by atoms with Gasteiger partial charge >= 0.3 is 0 Å². The molecule has 2 N–H and O–H groups in total. The molecule has 0 bridgehead atoms. The lowest BCUT2D eigenvalue weighted by Gasteiger charge is -2.37. The second-order valence-electron chi connectivity index (χ2n) is 6.57. The van der Waals surface area contributed by atoms with Gasteiger partial charge in [0.25, 0.3) is 5.56 Å². The maximum absolute atomic E-state index is 12.7. The molecule has 138 valence electrons. The first-order valence-corrected chi connectivity index (χ1v) is 9.27. The molecule has 1 aliphatic rings. The van der Waals surface area contributed by atoms with Crippen LogP contribution in [-0.4, -0.2) is 32.0 Å². The van der Waals surface area contributed by atoms with Crippen molar-refractivity contribution in [3.63, 3.8) is 0 Å². The van der Waals surface area contributed by atoms with Crippen molar-refractivity contribution >= 4 is 18.1 Å². The molecule has 7 heteroatoms. The number of fused-ring (bicyclic) bond motifs is 1. The van der Waals surface area contributed by atoms with E-state index in [0.29, 0.717) is 13.1 Å². The van der Waals surface area contributed by atoms with Crippen LogP contribution < -0.4 is 5.56 Å². The molecule has 2 heterocycles. The van der Waals surface area contributed by atoms with E-state index >= 15 is 0 Å². The zero-order valence-corrected chi connectivity index (χ0v) is 15.8. The topological polar surface area (TPSA) is 78.3 Å². The van der Waals surface area contributed by atoms with Gasteiger partial charge in [0, 0.05) is 20.0 Å². The number of carbonyl (C=O) groups excluding carboxylic acids is 1. The van der Waals surface area contributed by atoms with Gasteiger partial charge in [0.05, 0.1) is 6.04 Å². The number of aromatic hydroxyl groups is 1. The Morgan fingerprint density at radius 1 is 1.38 bits per heavy atom. The normalized spacial score (nSPS) is 16.4. The van der Waals surface area contributed by atoms with E-state index in [1.165, 1.54) is 6.92 Å². The zero-order valence-electron chi connectivity index (χ0n) is 15.0. The Morgan fingerprint density at radius 2 is 2.12 bits per heavy atom. The third-order valence-electron chi connectivity index (χ3n) is 4.90. The highest BCUT2D eigenvalue weighted by atomic mass is 32.1. The van der Waals surface area contributed by atoms with Crippen LogP contribution in [-0.2, 0) is 17.8 Å². The molecule has 1 aliphatic heterocycles. The Labute approximate surface area is 157 Å². The second kappa shape index (κ2) is 7.45. The van der Waals surface area contributed by atoms with Crippen LogP contribution in [0.5, 0.6) is 5.88 Å². The molecule has 0 saturated heterocycles. The molecule has 6 nitrogen and oxygen atoms in total. The summed E-state index contributed by atoms with van der Waals surface area (Å²) in [5.74, 6) is -0.286. The van der Waals surface area contributed by atoms with Gasteiger partial charge in [-0.3, -0.25) is 19.1 Å². The van der Waals surface area contributed by atoms with Crippen molar-refractivity contribution < 1.29 is 9.90 Å². The fourth-order valence-corrected chi connectivity index (χ4v) is 3.83. The molecule has 0 fully saturated rings. The Bertz CT molecular complexity index is 948. The van der Waals surface area contributed by atoms with Gasteiger partial charge in [-0.1, -0.05) is 37.6 Å². The van der Waals surface area contributed by atoms with E-state index in [1.807, 2.05) is 31.2 Å². The smallest absolute Gasteiger partial charge is 0.261 e. The molecule has 0 unspecified atom stereocenters. The number of amides is 1. The number of aromatic amines is 1. The van der Waals surface area contributed by atoms with Gasteiger partial charge in [-0.05, 0) is 36.2 Å². The lowest BCUT2D eigenvalue weighted by molar-refractivity contribution is -0.130. The first kappa shape index (κ1) is 18.4. The van der Waals surface area contributed by atoms with Crippen molar-refractivity contribution in [3.8, 4) is 5.88 Å². The van der Waals surface area contributed by atoms with E-state index in [2.05, 4.69) is 4.98 Å². The number of unbranched alkanes of at least 4 members (excludes halogenated alkanes) is 1. The molecule has 0 aliphatic carbocycles. The SMILES string of the molecule is CCCCn1c(O)c([C@H]2c3ccccc3CCN2C(C)=O)c(=O)[nH]c1=S. The first-order valence-electron chi connectivity index (χ1n) is 8.86. The molecule has 0 radical (unpaired) electrons. The number of carbonyl (C=O) groups is 1. The van der Waals surface area contributed by atoms with Gasteiger partial charge < -0.3 is 10.0 Å². The van der Waals surface area contributed by atoms with Crippen molar-refractivity contribution in [2.45, 2.75) is 45.7 Å². The highest BCUT2D eigenvalue weighted by Gasteiger charge is 2.34. The van der Waals surface area contributed by atoms with Crippen molar-refractivity contribution in [3.05, 3.63) is 56.1 Å². The number of aromatic nitrogens is 2. The average Bonchev–Trinajstić information content (AvgIpc) is 2.61. The molecule has 1 amide bonds. The number of H-pyrrole nitrogens is 1. The van der Waals surface area contributed by atoms with Gasteiger partial charge in [0.1, 0.15) is 5.56 Å². The summed E-state index contributed by atoms with van der Waals surface area (Å²) in [5.41, 5.74) is 1.68. The van der Waals surface area contributed by atoms with Crippen molar-refractivity contribution in [2.75, 3.05) is 6.54 Å². The van der Waals surface area contributed by atoms with Crippen molar-refractivity contribution in [1.29, 1.82) is 0 Å². The van der Waals surface area contributed by atoms with E-state index in [4.69, 9.17) is 12.2 Å². The Balaban J connectivity index is 2.24. The van der Waals surface area contributed by atoms with Crippen LogP contribution in [0, 0.1) is 4.77 Å². The summed E-state index contributed by atoms with van der Waals surface area (Å²) < 4.78 is 1.74. The molecule has 3 rings (SSSR count). The Hall–Kier alpha value is -2.41. The zero-order chi connectivity index (χ0) is 18.8. The van der Waals surface area contributed by atoms with Gasteiger partial charge in [-0.2, -0.15) is 0 Å². The van der Waals surface area contributed by atoms with Crippen LogP contribution in [0.25, 0.3) is 0 Å². The molecular weight excluding hydrogens is 350 g/mol. The quantitative estimate of drug-likeness (QED) is 0.808. The predicted octanol–water partition coefficient (Wildman–Crippen LogP) is 2.91. The summed E-state index contributed by atoms with van der Waals surface area (Å²) in [6.07, 6.45) is 2.48. The van der Waals surface area contributed by atoms with Gasteiger partial charge in [-0.15, -0.1) is 0 Å². The summed E-state index contributed by atoms with van der Waals surface area (Å²) in [7, 11) is 0. The minimum atomic E-state index is -0.621. The summed E-state index contributed by atoms with van der Waals surface area (Å²) in [4.78, 5) is 29.3. The third-order valence-corrected chi connectivity index (χ3v) is 5.23. The fraction of sp³-hybridized carbons (Fsp3) is 0.421. The number of rotatable bonds is 4. The lowest BCUT2D eigenvalue weighted by atomic mass is 9.89. The number of nitrogens with zero attached hydrogens (tertiary/aromatic N) is 2. The summed E-state index contributed by atoms with van der Waals surface area (Å²) in [6.45, 7) is 4.54. The highest BCUT2D eigenvalue weighted by molar-refractivity contribution is 7.71. The first-order chi connectivity index (χ1) is 12.5. The number of hydrogen-bond donors (Lipinski definition) is 2. The van der Waals surface area contributed by atoms with E-state index in [0.717, 1.165) is 30.4 Å². The molecule has 1 aromatic heterocycles. The van der Waals surface area contributed by atoms with E-state index in [-0.39, 0.29) is 22.1 Å². The minimum absolute atomic E-state index is 0.133. The molecule has 1 atom stereocenters. The van der Waals surface area contributed by atoms with E-state index in [1.54, 1.807) is 9.47 Å². The average molecular weight is 373 g/mol. The molecule has 0 saturated carbocycles. The largest absolute Gasteiger partial charge is 0.494 e. The number of nitrogens with one attached hydrogen (secondary N) is 1. The predicted molar refractivity (Wildman–Crippen MR) is 102 cm³/mol. The van der Waals surface area contributed by atoms with Crippen LogP contribution >= 0.6 is 12.2 Å². The summed E-state index contributed by atoms with van der Waals surface area (Å²) in [5, 5.41) is 10.9. The van der Waals surface area contributed by atoms with Crippen molar-refractivity contribution in [2.24, 2.45) is 0 Å². The van der Waals surface area contributed by atoms with E-state index in [9.17, 15) is 14.7 Å². The van der Waals surface area contributed by atoms with Gasteiger partial charge in [0.15, 0.2) is 4.77 Å². The molecule has 26 heavy (non-hydrogen) atoms. The standard InChI is InChI=1S/C19H23N3O3S/c1-3-4-10-22-18(25)15(17(24)20-19(22)26)16-14-8-6-5-7-13(14)9-11-21(16)12(2)23/h5-8,16,25H,3-4,9-11H2,1-2H3,(H,20,24,26)/t16-/m1/s1. The van der Waals surface area contributed by atoms with Crippen LogP contribution in [0.4, 0.5) is 0 Å². The maximum atomic E-state index is 12.7. The van der Waals surface area contributed by atoms with Crippen LogP contribution in [0.1, 0.15) is 49.4 Å². The number of benzene rings is 1. The monoisotopic (exact) mass is 373 g/mol. The minimum Gasteiger partial charge on any atom is -0.494 e. The van der Waals surface area contributed by atoms with Crippen LogP contribution in [0.15, 0.2) is 29.1 Å². The van der Waals surface area contributed by atoms with Gasteiger partial charge in [-0.25, -0.2) is 0 Å². The van der Waals surface area contributed by atoms with Crippen LogP contribution in [0.3, 0.4) is 0 Å². The highest BCUT2D eigenvalue weighted by Crippen LogP contribution is 2.37. The van der Waals surface area contributed by atoms with Crippen molar-refractivity contribution in [1.82, 2.24) is 14.5 Å². The Morgan fingerprint density at radius 3 is 2.81 bits per heavy atom. The lowest BCUT2D eigenvalue weighted by Crippen LogP contribution is -2.41. The number of hydrogen-bond acceptors (Lipinski definition) is 4. The molecule has 2 aromatic rings. The van der Waals surface area contributed by atoms with Crippen LogP contribution in [0.2, 0.25) is 0 Å². The molecular formula is C19H23N3O3S. The summed E-state index contributed by atoms with van der Waals surface area (Å²) in [6, 6.07) is 7.11. The maximum Gasteiger partial charge on any atom is 0.261 e. The second-order valence-corrected chi connectivity index (χ2v) is 6.95. The Kier molecular flexibility index (Phi) is 5.27. The summed E-state index contributed by atoms with van der Waals surface area (Å²) >= 11 is 5.23. The molecule has 0 spiro atoms. The fourth-order valence-electron chi connectivity index (χ4n) is 3.56.